The summed E-state index contributed by atoms with van der Waals surface area (Å²) in [6.45, 7) is 2.10. The third kappa shape index (κ3) is 2.51. The van der Waals surface area contributed by atoms with Crippen LogP contribution in [0.3, 0.4) is 0 Å². The lowest BCUT2D eigenvalue weighted by Crippen LogP contribution is -2.13. The summed E-state index contributed by atoms with van der Waals surface area (Å²) in [5.74, 6) is 0. The third-order valence-corrected chi connectivity index (χ3v) is 3.59. The van der Waals surface area contributed by atoms with Crippen molar-refractivity contribution in [1.82, 2.24) is 4.57 Å². The quantitative estimate of drug-likeness (QED) is 0.687. The van der Waals surface area contributed by atoms with Crippen LogP contribution in [0.15, 0.2) is 54.7 Å². The summed E-state index contributed by atoms with van der Waals surface area (Å²) >= 11 is 0. The highest BCUT2D eigenvalue weighted by molar-refractivity contribution is 6.02. The van der Waals surface area contributed by atoms with Crippen LogP contribution in [0.1, 0.15) is 21.5 Å². The molecule has 0 saturated carbocycles. The van der Waals surface area contributed by atoms with E-state index in [0.29, 0.717) is 11.1 Å². The summed E-state index contributed by atoms with van der Waals surface area (Å²) in [5.41, 5.74) is 3.03. The second-order valence-electron chi connectivity index (χ2n) is 5.08. The Bertz CT molecular complexity index is 834. The summed E-state index contributed by atoms with van der Waals surface area (Å²) in [7, 11) is 0. The molecule has 1 heterocycles. The van der Waals surface area contributed by atoms with Crippen molar-refractivity contribution in [3.05, 3.63) is 71.4 Å². The van der Waals surface area contributed by atoms with E-state index in [-0.39, 0.29) is 6.61 Å². The van der Waals surface area contributed by atoms with Gasteiger partial charge in [0, 0.05) is 17.1 Å². The molecule has 2 aromatic carbocycles. The van der Waals surface area contributed by atoms with E-state index in [2.05, 4.69) is 0 Å². The first-order valence-electron chi connectivity index (χ1n) is 6.97. The molecule has 0 unspecified atom stereocenters. The monoisotopic (exact) mass is 293 g/mol. The number of benzene rings is 2. The minimum absolute atomic E-state index is 0.196. The molecule has 0 amide bonds. The van der Waals surface area contributed by atoms with Crippen molar-refractivity contribution in [3.63, 3.8) is 0 Å². The number of carbonyl (C=O) groups is 2. The van der Waals surface area contributed by atoms with E-state index in [1.807, 2.05) is 55.5 Å². The molecule has 3 rings (SSSR count). The lowest BCUT2D eigenvalue weighted by Gasteiger charge is -2.08. The Morgan fingerprint density at radius 1 is 1.14 bits per heavy atom. The van der Waals surface area contributed by atoms with Crippen molar-refractivity contribution < 1.29 is 14.3 Å². The minimum atomic E-state index is -0.490. The number of para-hydroxylation sites is 1. The summed E-state index contributed by atoms with van der Waals surface area (Å²) < 4.78 is 6.74. The van der Waals surface area contributed by atoms with Crippen LogP contribution in [0.5, 0.6) is 0 Å². The SMILES string of the molecule is Cc1cccc2c(C=O)cn(C(=O)OCc3ccccc3)c12. The van der Waals surface area contributed by atoms with Crippen LogP contribution >= 0.6 is 0 Å². The van der Waals surface area contributed by atoms with Crippen molar-refractivity contribution >= 4 is 23.3 Å². The number of aryl methyl sites for hydroxylation is 1. The van der Waals surface area contributed by atoms with Crippen LogP contribution in [0.4, 0.5) is 4.79 Å². The van der Waals surface area contributed by atoms with Crippen molar-refractivity contribution in [3.8, 4) is 0 Å². The Hall–Kier alpha value is -2.88. The van der Waals surface area contributed by atoms with Crippen LogP contribution < -0.4 is 0 Å². The van der Waals surface area contributed by atoms with E-state index in [0.717, 1.165) is 22.8 Å². The Morgan fingerprint density at radius 2 is 1.91 bits per heavy atom. The van der Waals surface area contributed by atoms with Crippen molar-refractivity contribution in [1.29, 1.82) is 0 Å². The average Bonchev–Trinajstić information content (AvgIpc) is 2.94. The molecule has 1 aromatic heterocycles. The number of nitrogens with zero attached hydrogens (tertiary/aromatic N) is 1. The summed E-state index contributed by atoms with van der Waals surface area (Å²) in [5, 5.41) is 0.756. The molecule has 110 valence electrons. The van der Waals surface area contributed by atoms with Crippen LogP contribution in [0, 0.1) is 6.92 Å². The Labute approximate surface area is 127 Å². The molecule has 0 saturated heterocycles. The molecule has 0 aliphatic carbocycles. The van der Waals surface area contributed by atoms with E-state index >= 15 is 0 Å². The normalized spacial score (nSPS) is 10.6. The van der Waals surface area contributed by atoms with Gasteiger partial charge in [-0.3, -0.25) is 9.36 Å². The zero-order chi connectivity index (χ0) is 15.5. The Morgan fingerprint density at radius 3 is 2.64 bits per heavy atom. The summed E-state index contributed by atoms with van der Waals surface area (Å²) in [6, 6.07) is 15.1. The molecule has 0 aliphatic rings. The van der Waals surface area contributed by atoms with Gasteiger partial charge in [0.25, 0.3) is 0 Å². The van der Waals surface area contributed by atoms with Crippen LogP contribution in [-0.4, -0.2) is 16.9 Å². The van der Waals surface area contributed by atoms with Gasteiger partial charge in [0.05, 0.1) is 5.52 Å². The maximum Gasteiger partial charge on any atom is 0.418 e. The Balaban J connectivity index is 1.92. The van der Waals surface area contributed by atoms with Crippen LogP contribution in [0.2, 0.25) is 0 Å². The fraction of sp³-hybridized carbons (Fsp3) is 0.111. The van der Waals surface area contributed by atoms with Gasteiger partial charge in [-0.05, 0) is 18.1 Å². The number of ether oxygens (including phenoxy) is 1. The van der Waals surface area contributed by atoms with Gasteiger partial charge in [0.1, 0.15) is 6.61 Å². The zero-order valence-electron chi connectivity index (χ0n) is 12.2. The van der Waals surface area contributed by atoms with Gasteiger partial charge in [-0.1, -0.05) is 48.5 Å². The maximum absolute atomic E-state index is 12.3. The number of hydrogen-bond acceptors (Lipinski definition) is 3. The maximum atomic E-state index is 12.3. The standard InChI is InChI=1S/C18H15NO3/c1-13-6-5-9-16-15(11-20)10-19(17(13)16)18(21)22-12-14-7-3-2-4-8-14/h2-11H,12H2,1H3. The molecule has 0 radical (unpaired) electrons. The molecule has 4 heteroatoms. The van der Waals surface area contributed by atoms with Gasteiger partial charge in [0.15, 0.2) is 6.29 Å². The summed E-state index contributed by atoms with van der Waals surface area (Å²) in [6.07, 6.45) is 1.79. The molecule has 0 atom stereocenters. The van der Waals surface area contributed by atoms with E-state index in [4.69, 9.17) is 4.74 Å². The van der Waals surface area contributed by atoms with Gasteiger partial charge in [0.2, 0.25) is 0 Å². The van der Waals surface area contributed by atoms with Crippen molar-refractivity contribution in [2.75, 3.05) is 0 Å². The molecule has 0 fully saturated rings. The van der Waals surface area contributed by atoms with E-state index in [1.165, 1.54) is 10.8 Å². The highest BCUT2D eigenvalue weighted by Gasteiger charge is 2.16. The molecular formula is C18H15NO3. The van der Waals surface area contributed by atoms with E-state index in [9.17, 15) is 9.59 Å². The predicted octanol–water partition coefficient (Wildman–Crippen LogP) is 3.95. The van der Waals surface area contributed by atoms with Gasteiger partial charge >= 0.3 is 6.09 Å². The zero-order valence-corrected chi connectivity index (χ0v) is 12.2. The topological polar surface area (TPSA) is 48.3 Å². The first-order chi connectivity index (χ1) is 10.7. The number of carbonyl (C=O) groups excluding carboxylic acids is 2. The van der Waals surface area contributed by atoms with E-state index < -0.39 is 6.09 Å². The third-order valence-electron chi connectivity index (χ3n) is 3.59. The average molecular weight is 293 g/mol. The largest absolute Gasteiger partial charge is 0.444 e. The molecule has 3 aromatic rings. The molecule has 0 bridgehead atoms. The van der Waals surface area contributed by atoms with Gasteiger partial charge in [-0.15, -0.1) is 0 Å². The fourth-order valence-electron chi connectivity index (χ4n) is 2.51. The highest BCUT2D eigenvalue weighted by atomic mass is 16.5. The second kappa shape index (κ2) is 5.85. The number of hydrogen-bond donors (Lipinski definition) is 0. The van der Waals surface area contributed by atoms with Gasteiger partial charge in [-0.25, -0.2) is 4.79 Å². The smallest absolute Gasteiger partial charge is 0.418 e. The fourth-order valence-corrected chi connectivity index (χ4v) is 2.51. The van der Waals surface area contributed by atoms with Crippen molar-refractivity contribution in [2.24, 2.45) is 0 Å². The molecule has 0 spiro atoms. The lowest BCUT2D eigenvalue weighted by molar-refractivity contribution is 0.112. The summed E-state index contributed by atoms with van der Waals surface area (Å²) in [4.78, 5) is 23.5. The number of rotatable bonds is 3. The minimum Gasteiger partial charge on any atom is -0.444 e. The van der Waals surface area contributed by atoms with Crippen molar-refractivity contribution in [2.45, 2.75) is 13.5 Å². The van der Waals surface area contributed by atoms with E-state index in [1.54, 1.807) is 0 Å². The van der Waals surface area contributed by atoms with Gasteiger partial charge < -0.3 is 4.74 Å². The Kier molecular flexibility index (Phi) is 3.74. The molecular weight excluding hydrogens is 278 g/mol. The number of aromatic nitrogens is 1. The lowest BCUT2D eigenvalue weighted by atomic mass is 10.1. The van der Waals surface area contributed by atoms with Gasteiger partial charge in [-0.2, -0.15) is 0 Å². The first-order valence-corrected chi connectivity index (χ1v) is 6.97. The molecule has 22 heavy (non-hydrogen) atoms. The highest BCUT2D eigenvalue weighted by Crippen LogP contribution is 2.23. The molecule has 4 nitrogen and oxygen atoms in total. The van der Waals surface area contributed by atoms with Crippen LogP contribution in [0.25, 0.3) is 10.9 Å². The van der Waals surface area contributed by atoms with Crippen LogP contribution in [-0.2, 0) is 11.3 Å². The molecule has 0 aliphatic heterocycles. The first kappa shape index (κ1) is 14.1. The number of aldehydes is 1. The number of fused-ring (bicyclic) bond motifs is 1. The predicted molar refractivity (Wildman–Crippen MR) is 84.1 cm³/mol. The second-order valence-corrected chi connectivity index (χ2v) is 5.08. The molecule has 0 N–H and O–H groups in total.